The minimum Gasteiger partial charge on any atom is -0.477 e. The molecule has 3 aromatic rings. The summed E-state index contributed by atoms with van der Waals surface area (Å²) in [4.78, 5) is 31.7. The van der Waals surface area contributed by atoms with Crippen molar-refractivity contribution in [3.05, 3.63) is 47.7 Å². The first-order chi connectivity index (χ1) is 16.5. The average Bonchev–Trinajstić information content (AvgIpc) is 3.15. The quantitative estimate of drug-likeness (QED) is 0.457. The summed E-state index contributed by atoms with van der Waals surface area (Å²) in [5.41, 5.74) is 0.0490. The Bertz CT molecular complexity index is 1250. The molecule has 0 aromatic carbocycles. The van der Waals surface area contributed by atoms with Crippen LogP contribution in [0.4, 0.5) is 15.0 Å². The molecule has 1 fully saturated rings. The molecule has 0 spiro atoms. The number of carboxylic acids is 1. The van der Waals surface area contributed by atoms with E-state index >= 15 is 0 Å². The van der Waals surface area contributed by atoms with E-state index in [4.69, 9.17) is 9.47 Å². The fraction of sp³-hybridized carbons (Fsp3) is 0.435. The molecule has 11 nitrogen and oxygen atoms in total. The SMILES string of the molecule is C[C@@H](Nc1ccn2ncc(C(=O)O)c2n1)c1cc(F)cnc1OC1CC(NC(=O)OC(C)(C)C)C1. The van der Waals surface area contributed by atoms with Gasteiger partial charge >= 0.3 is 12.1 Å². The topological polar surface area (TPSA) is 140 Å². The minimum absolute atomic E-state index is 0.0303. The number of halogens is 1. The number of hydrogen-bond donors (Lipinski definition) is 3. The van der Waals surface area contributed by atoms with E-state index in [0.29, 0.717) is 24.2 Å². The molecule has 12 heteroatoms. The Morgan fingerprint density at radius 3 is 2.71 bits per heavy atom. The monoisotopic (exact) mass is 486 g/mol. The van der Waals surface area contributed by atoms with Crippen LogP contribution >= 0.6 is 0 Å². The summed E-state index contributed by atoms with van der Waals surface area (Å²) >= 11 is 0. The van der Waals surface area contributed by atoms with Crippen molar-refractivity contribution < 1.29 is 28.6 Å². The second-order valence-electron chi connectivity index (χ2n) is 9.41. The summed E-state index contributed by atoms with van der Waals surface area (Å²) in [6, 6.07) is 2.42. The van der Waals surface area contributed by atoms with Crippen molar-refractivity contribution in [1.82, 2.24) is 24.9 Å². The van der Waals surface area contributed by atoms with E-state index < -0.39 is 29.5 Å². The van der Waals surface area contributed by atoms with Crippen LogP contribution in [0.5, 0.6) is 5.88 Å². The highest BCUT2D eigenvalue weighted by Gasteiger charge is 2.34. The summed E-state index contributed by atoms with van der Waals surface area (Å²) in [6.45, 7) is 7.18. The predicted molar refractivity (Wildman–Crippen MR) is 123 cm³/mol. The summed E-state index contributed by atoms with van der Waals surface area (Å²) < 4.78 is 26.6. The Kier molecular flexibility index (Phi) is 6.46. The summed E-state index contributed by atoms with van der Waals surface area (Å²) in [6.07, 6.45) is 4.34. The first-order valence-electron chi connectivity index (χ1n) is 11.1. The number of aromatic carboxylic acids is 1. The van der Waals surface area contributed by atoms with Gasteiger partial charge in [-0.2, -0.15) is 5.10 Å². The second kappa shape index (κ2) is 9.35. The van der Waals surface area contributed by atoms with E-state index in [1.807, 2.05) is 0 Å². The van der Waals surface area contributed by atoms with Gasteiger partial charge in [-0.3, -0.25) is 0 Å². The van der Waals surface area contributed by atoms with Crippen molar-refractivity contribution in [2.45, 2.75) is 64.3 Å². The van der Waals surface area contributed by atoms with Crippen LogP contribution in [0.3, 0.4) is 0 Å². The van der Waals surface area contributed by atoms with Gasteiger partial charge in [0.25, 0.3) is 0 Å². The standard InChI is InChI=1S/C23H27FN6O5/c1-12(27-18-5-6-30-19(29-18)17(11-26-30)21(31)32)16-7-13(24)10-25-20(16)34-15-8-14(9-15)28-22(33)35-23(2,3)4/h5-7,10-12,14-15H,8-9H2,1-4H3,(H,27,29)(H,28,33)(H,31,32)/t12-,14?,15?/m1/s1. The third-order valence-electron chi connectivity index (χ3n) is 5.37. The minimum atomic E-state index is -1.14. The largest absolute Gasteiger partial charge is 0.477 e. The highest BCUT2D eigenvalue weighted by Crippen LogP contribution is 2.31. The van der Waals surface area contributed by atoms with Gasteiger partial charge in [0.1, 0.15) is 28.9 Å². The Morgan fingerprint density at radius 1 is 1.29 bits per heavy atom. The van der Waals surface area contributed by atoms with Crippen molar-refractivity contribution in [3.8, 4) is 5.88 Å². The highest BCUT2D eigenvalue weighted by atomic mass is 19.1. The normalized spacial score (nSPS) is 18.4. The van der Waals surface area contributed by atoms with Crippen LogP contribution in [-0.4, -0.2) is 54.5 Å². The van der Waals surface area contributed by atoms with Gasteiger partial charge in [0.15, 0.2) is 5.65 Å². The molecule has 3 heterocycles. The number of carbonyl (C=O) groups excluding carboxylic acids is 1. The molecule has 1 amide bonds. The molecule has 35 heavy (non-hydrogen) atoms. The maximum absolute atomic E-state index is 14.0. The smallest absolute Gasteiger partial charge is 0.407 e. The van der Waals surface area contributed by atoms with Crippen LogP contribution < -0.4 is 15.4 Å². The number of hydrogen-bond acceptors (Lipinski definition) is 8. The number of fused-ring (bicyclic) bond motifs is 1. The number of anilines is 1. The van der Waals surface area contributed by atoms with Crippen molar-refractivity contribution in [3.63, 3.8) is 0 Å². The van der Waals surface area contributed by atoms with Crippen LogP contribution in [0.2, 0.25) is 0 Å². The van der Waals surface area contributed by atoms with Gasteiger partial charge in [0, 0.05) is 30.6 Å². The van der Waals surface area contributed by atoms with E-state index in [-0.39, 0.29) is 29.2 Å². The molecule has 3 aromatic heterocycles. The number of alkyl carbamates (subject to hydrolysis) is 1. The third-order valence-corrected chi connectivity index (χ3v) is 5.37. The molecule has 3 N–H and O–H groups in total. The van der Waals surface area contributed by atoms with Crippen LogP contribution in [0.15, 0.2) is 30.7 Å². The molecule has 1 aliphatic carbocycles. The number of carbonyl (C=O) groups is 2. The molecule has 1 atom stereocenters. The fourth-order valence-electron chi connectivity index (χ4n) is 3.66. The second-order valence-corrected chi connectivity index (χ2v) is 9.41. The molecule has 0 radical (unpaired) electrons. The van der Waals surface area contributed by atoms with Crippen LogP contribution in [-0.2, 0) is 4.74 Å². The van der Waals surface area contributed by atoms with E-state index in [0.717, 1.165) is 6.20 Å². The highest BCUT2D eigenvalue weighted by molar-refractivity contribution is 5.94. The van der Waals surface area contributed by atoms with Gasteiger partial charge in [-0.15, -0.1) is 0 Å². The van der Waals surface area contributed by atoms with Gasteiger partial charge in [-0.05, 0) is 39.8 Å². The van der Waals surface area contributed by atoms with E-state index in [1.165, 1.54) is 16.8 Å². The number of carboxylic acid groups (broad SMARTS) is 1. The van der Waals surface area contributed by atoms with Crippen molar-refractivity contribution >= 4 is 23.5 Å². The van der Waals surface area contributed by atoms with Crippen molar-refractivity contribution in [2.75, 3.05) is 5.32 Å². The molecular formula is C23H27FN6O5. The zero-order chi connectivity index (χ0) is 25.3. The molecular weight excluding hydrogens is 459 g/mol. The molecule has 0 unspecified atom stereocenters. The molecule has 186 valence electrons. The summed E-state index contributed by atoms with van der Waals surface area (Å²) in [5.74, 6) is -1.01. The number of pyridine rings is 1. The third kappa shape index (κ3) is 5.76. The van der Waals surface area contributed by atoms with Gasteiger partial charge in [-0.1, -0.05) is 0 Å². The molecule has 0 saturated heterocycles. The molecule has 0 aliphatic heterocycles. The average molecular weight is 487 g/mol. The Balaban J connectivity index is 1.42. The first-order valence-corrected chi connectivity index (χ1v) is 11.1. The van der Waals surface area contributed by atoms with Crippen molar-refractivity contribution in [1.29, 1.82) is 0 Å². The summed E-state index contributed by atoms with van der Waals surface area (Å²) in [7, 11) is 0. The number of rotatable bonds is 7. The van der Waals surface area contributed by atoms with E-state index in [2.05, 4.69) is 25.7 Å². The van der Waals surface area contributed by atoms with Gasteiger partial charge in [0.2, 0.25) is 5.88 Å². The number of amides is 1. The zero-order valence-electron chi connectivity index (χ0n) is 19.8. The van der Waals surface area contributed by atoms with E-state index in [9.17, 15) is 19.1 Å². The predicted octanol–water partition coefficient (Wildman–Crippen LogP) is 3.57. The Morgan fingerprint density at radius 2 is 2.03 bits per heavy atom. The Labute approximate surface area is 200 Å². The maximum atomic E-state index is 14.0. The lowest BCUT2D eigenvalue weighted by Gasteiger charge is -2.36. The van der Waals surface area contributed by atoms with Crippen LogP contribution in [0.1, 0.15) is 62.5 Å². The van der Waals surface area contributed by atoms with Gasteiger partial charge in [-0.25, -0.2) is 28.5 Å². The van der Waals surface area contributed by atoms with Crippen LogP contribution in [0.25, 0.3) is 5.65 Å². The first kappa shape index (κ1) is 24.2. The Hall–Kier alpha value is -3.96. The number of nitrogens with zero attached hydrogens (tertiary/aromatic N) is 4. The molecule has 4 rings (SSSR count). The lowest BCUT2D eigenvalue weighted by atomic mass is 9.89. The molecule has 1 aliphatic rings. The number of ether oxygens (including phenoxy) is 2. The van der Waals surface area contributed by atoms with Crippen LogP contribution in [0, 0.1) is 5.82 Å². The lowest BCUT2D eigenvalue weighted by molar-refractivity contribution is 0.0351. The number of nitrogens with one attached hydrogen (secondary N) is 2. The van der Waals surface area contributed by atoms with Crippen molar-refractivity contribution in [2.24, 2.45) is 0 Å². The maximum Gasteiger partial charge on any atom is 0.407 e. The molecule has 0 bridgehead atoms. The molecule has 1 saturated carbocycles. The summed E-state index contributed by atoms with van der Waals surface area (Å²) in [5, 5.41) is 19.2. The van der Waals surface area contributed by atoms with Gasteiger partial charge < -0.3 is 25.2 Å². The van der Waals surface area contributed by atoms with E-state index in [1.54, 1.807) is 40.0 Å². The number of aromatic nitrogens is 4. The lowest BCUT2D eigenvalue weighted by Crippen LogP contribution is -2.50. The fourth-order valence-corrected chi connectivity index (χ4v) is 3.66. The van der Waals surface area contributed by atoms with Gasteiger partial charge in [0.05, 0.1) is 18.4 Å². The zero-order valence-corrected chi connectivity index (χ0v) is 19.8.